The van der Waals surface area contributed by atoms with Crippen molar-refractivity contribution in [2.45, 2.75) is 13.8 Å². The zero-order chi connectivity index (χ0) is 18.3. The van der Waals surface area contributed by atoms with E-state index in [1.54, 1.807) is 11.3 Å². The van der Waals surface area contributed by atoms with Gasteiger partial charge in [-0.15, -0.1) is 11.3 Å². The number of para-hydroxylation sites is 1. The van der Waals surface area contributed by atoms with E-state index in [4.69, 9.17) is 4.98 Å². The SMILES string of the molecule is Cc1nn(C)c(C)c1-c1nc2ccc(C(=O)Nc3ccccc3)cc2s1. The number of hydrogen-bond donors (Lipinski definition) is 1. The third-order valence-corrected chi connectivity index (χ3v) is 5.44. The van der Waals surface area contributed by atoms with Crippen LogP contribution in [-0.2, 0) is 7.05 Å². The lowest BCUT2D eigenvalue weighted by Gasteiger charge is -2.04. The van der Waals surface area contributed by atoms with Gasteiger partial charge in [0.25, 0.3) is 5.91 Å². The van der Waals surface area contributed by atoms with Crippen molar-refractivity contribution in [3.05, 3.63) is 65.5 Å². The highest BCUT2D eigenvalue weighted by Crippen LogP contribution is 2.34. The number of thiazole rings is 1. The van der Waals surface area contributed by atoms with Crippen molar-refractivity contribution in [1.29, 1.82) is 0 Å². The van der Waals surface area contributed by atoms with Crippen molar-refractivity contribution in [3.8, 4) is 10.6 Å². The number of aromatic nitrogens is 3. The summed E-state index contributed by atoms with van der Waals surface area (Å²) in [4.78, 5) is 17.2. The van der Waals surface area contributed by atoms with Crippen LogP contribution >= 0.6 is 11.3 Å². The summed E-state index contributed by atoms with van der Waals surface area (Å²) in [6.07, 6.45) is 0. The predicted octanol–water partition coefficient (Wildman–Crippen LogP) is 4.57. The molecule has 4 rings (SSSR count). The van der Waals surface area contributed by atoms with Crippen molar-refractivity contribution >= 4 is 33.1 Å². The summed E-state index contributed by atoms with van der Waals surface area (Å²) in [5.41, 5.74) is 5.42. The molecule has 0 saturated heterocycles. The number of hydrogen-bond acceptors (Lipinski definition) is 4. The highest BCUT2D eigenvalue weighted by Gasteiger charge is 2.17. The molecule has 0 aliphatic rings. The van der Waals surface area contributed by atoms with Gasteiger partial charge in [-0.1, -0.05) is 18.2 Å². The van der Waals surface area contributed by atoms with Crippen LogP contribution in [0.4, 0.5) is 5.69 Å². The van der Waals surface area contributed by atoms with E-state index in [9.17, 15) is 4.79 Å². The number of nitrogens with one attached hydrogen (secondary N) is 1. The highest BCUT2D eigenvalue weighted by molar-refractivity contribution is 7.21. The van der Waals surface area contributed by atoms with Gasteiger partial charge in [-0.25, -0.2) is 4.98 Å². The summed E-state index contributed by atoms with van der Waals surface area (Å²) in [6.45, 7) is 4.03. The summed E-state index contributed by atoms with van der Waals surface area (Å²) in [7, 11) is 1.94. The fraction of sp³-hybridized carbons (Fsp3) is 0.150. The fourth-order valence-electron chi connectivity index (χ4n) is 2.98. The Morgan fingerprint density at radius 3 is 2.58 bits per heavy atom. The lowest BCUT2D eigenvalue weighted by Crippen LogP contribution is -2.11. The first-order valence-electron chi connectivity index (χ1n) is 8.30. The molecule has 2 aromatic heterocycles. The minimum Gasteiger partial charge on any atom is -0.322 e. The number of rotatable bonds is 3. The molecule has 1 amide bonds. The van der Waals surface area contributed by atoms with Crippen LogP contribution in [0.3, 0.4) is 0 Å². The van der Waals surface area contributed by atoms with Crippen LogP contribution in [-0.4, -0.2) is 20.7 Å². The fourth-order valence-corrected chi connectivity index (χ4v) is 4.13. The van der Waals surface area contributed by atoms with Crippen molar-refractivity contribution in [1.82, 2.24) is 14.8 Å². The molecule has 4 aromatic rings. The van der Waals surface area contributed by atoms with Crippen molar-refractivity contribution in [2.24, 2.45) is 7.05 Å². The average molecular weight is 362 g/mol. The van der Waals surface area contributed by atoms with Gasteiger partial charge in [-0.3, -0.25) is 9.48 Å². The van der Waals surface area contributed by atoms with E-state index in [0.29, 0.717) is 5.56 Å². The zero-order valence-corrected chi connectivity index (χ0v) is 15.6. The first kappa shape index (κ1) is 16.5. The maximum absolute atomic E-state index is 12.5. The molecule has 0 aliphatic carbocycles. The quantitative estimate of drug-likeness (QED) is 0.581. The number of benzene rings is 2. The molecule has 1 N–H and O–H groups in total. The van der Waals surface area contributed by atoms with E-state index in [1.165, 1.54) is 0 Å². The van der Waals surface area contributed by atoms with Crippen LogP contribution < -0.4 is 5.32 Å². The van der Waals surface area contributed by atoms with E-state index in [2.05, 4.69) is 10.4 Å². The van der Waals surface area contributed by atoms with Gasteiger partial charge in [0.15, 0.2) is 0 Å². The first-order chi connectivity index (χ1) is 12.5. The number of aryl methyl sites for hydroxylation is 2. The van der Waals surface area contributed by atoms with Crippen molar-refractivity contribution in [3.63, 3.8) is 0 Å². The predicted molar refractivity (Wildman–Crippen MR) is 106 cm³/mol. The number of carbonyl (C=O) groups is 1. The summed E-state index contributed by atoms with van der Waals surface area (Å²) in [5, 5.41) is 8.32. The highest BCUT2D eigenvalue weighted by atomic mass is 32.1. The van der Waals surface area contributed by atoms with E-state index in [1.807, 2.05) is 74.1 Å². The molecule has 0 unspecified atom stereocenters. The summed E-state index contributed by atoms with van der Waals surface area (Å²) in [6, 6.07) is 15.1. The van der Waals surface area contributed by atoms with Gasteiger partial charge in [0.1, 0.15) is 5.01 Å². The number of anilines is 1. The molecule has 130 valence electrons. The van der Waals surface area contributed by atoms with E-state index in [0.717, 1.165) is 37.9 Å². The van der Waals surface area contributed by atoms with Crippen molar-refractivity contribution < 1.29 is 4.79 Å². The molecule has 0 radical (unpaired) electrons. The van der Waals surface area contributed by atoms with Crippen LogP contribution in [0.15, 0.2) is 48.5 Å². The molecule has 5 nitrogen and oxygen atoms in total. The first-order valence-corrected chi connectivity index (χ1v) is 9.12. The Kier molecular flexibility index (Phi) is 4.05. The van der Waals surface area contributed by atoms with Crippen LogP contribution in [0.2, 0.25) is 0 Å². The number of nitrogens with zero attached hydrogens (tertiary/aromatic N) is 3. The maximum Gasteiger partial charge on any atom is 0.255 e. The molecular formula is C20H18N4OS. The van der Waals surface area contributed by atoms with Crippen molar-refractivity contribution in [2.75, 3.05) is 5.32 Å². The molecule has 2 heterocycles. The average Bonchev–Trinajstić information content (AvgIpc) is 3.15. The lowest BCUT2D eigenvalue weighted by atomic mass is 10.2. The smallest absolute Gasteiger partial charge is 0.255 e. The van der Waals surface area contributed by atoms with Gasteiger partial charge in [-0.05, 0) is 44.2 Å². The van der Waals surface area contributed by atoms with Crippen LogP contribution in [0, 0.1) is 13.8 Å². The molecule has 0 aliphatic heterocycles. The Morgan fingerprint density at radius 1 is 1.12 bits per heavy atom. The van der Waals surface area contributed by atoms with Gasteiger partial charge in [0.2, 0.25) is 0 Å². The van der Waals surface area contributed by atoms with E-state index < -0.39 is 0 Å². The second-order valence-electron chi connectivity index (χ2n) is 6.19. The van der Waals surface area contributed by atoms with Crippen LogP contribution in [0.5, 0.6) is 0 Å². The lowest BCUT2D eigenvalue weighted by molar-refractivity contribution is 0.102. The molecule has 0 bridgehead atoms. The zero-order valence-electron chi connectivity index (χ0n) is 14.8. The molecular weight excluding hydrogens is 344 g/mol. The molecule has 2 aromatic carbocycles. The summed E-state index contributed by atoms with van der Waals surface area (Å²) in [5.74, 6) is -0.123. The standard InChI is InChI=1S/C20H18N4OS/c1-12-18(13(2)24(3)23-12)20-22-16-10-9-14(11-17(16)26-20)19(25)21-15-7-5-4-6-8-15/h4-11H,1-3H3,(H,21,25). The summed E-state index contributed by atoms with van der Waals surface area (Å²) < 4.78 is 2.86. The molecule has 0 saturated carbocycles. The minimum atomic E-state index is -0.123. The third-order valence-electron chi connectivity index (χ3n) is 4.41. The van der Waals surface area contributed by atoms with Gasteiger partial charge < -0.3 is 5.32 Å². The molecule has 0 spiro atoms. The number of carbonyl (C=O) groups excluding carboxylic acids is 1. The van der Waals surface area contributed by atoms with E-state index >= 15 is 0 Å². The normalized spacial score (nSPS) is 11.0. The molecule has 0 atom stereocenters. The van der Waals surface area contributed by atoms with Gasteiger partial charge in [0.05, 0.1) is 21.5 Å². The largest absolute Gasteiger partial charge is 0.322 e. The summed E-state index contributed by atoms with van der Waals surface area (Å²) >= 11 is 1.59. The second-order valence-corrected chi connectivity index (χ2v) is 7.22. The molecule has 0 fully saturated rings. The Morgan fingerprint density at radius 2 is 1.88 bits per heavy atom. The number of amides is 1. The molecule has 6 heteroatoms. The topological polar surface area (TPSA) is 59.8 Å². The Balaban J connectivity index is 1.69. The minimum absolute atomic E-state index is 0.123. The second kappa shape index (κ2) is 6.38. The Bertz CT molecular complexity index is 1110. The third kappa shape index (κ3) is 2.88. The van der Waals surface area contributed by atoms with Gasteiger partial charge in [0, 0.05) is 24.0 Å². The van der Waals surface area contributed by atoms with Crippen LogP contribution in [0.1, 0.15) is 21.7 Å². The Hall–Kier alpha value is -2.99. The molecule has 26 heavy (non-hydrogen) atoms. The van der Waals surface area contributed by atoms with Crippen LogP contribution in [0.25, 0.3) is 20.8 Å². The monoisotopic (exact) mass is 362 g/mol. The number of fused-ring (bicyclic) bond motifs is 1. The van der Waals surface area contributed by atoms with Gasteiger partial charge >= 0.3 is 0 Å². The van der Waals surface area contributed by atoms with E-state index in [-0.39, 0.29) is 5.91 Å². The Labute approximate surface area is 155 Å². The maximum atomic E-state index is 12.5. The van der Waals surface area contributed by atoms with Gasteiger partial charge in [-0.2, -0.15) is 5.10 Å².